The Morgan fingerprint density at radius 2 is 1.94 bits per heavy atom. The number of hydrogen-bond donors (Lipinski definition) is 1. The van der Waals surface area contributed by atoms with Gasteiger partial charge in [-0.2, -0.15) is 0 Å². The number of benzene rings is 1. The first-order valence-corrected chi connectivity index (χ1v) is 6.75. The molecule has 1 fully saturated rings. The van der Waals surface area contributed by atoms with Crippen molar-refractivity contribution in [3.63, 3.8) is 0 Å². The SMILES string of the molecule is COc1ccc(C(C)N2CC(C)NCC2C)cc1. The van der Waals surface area contributed by atoms with E-state index in [1.165, 1.54) is 5.56 Å². The average molecular weight is 248 g/mol. The first-order valence-electron chi connectivity index (χ1n) is 6.75. The van der Waals surface area contributed by atoms with Crippen LogP contribution in [0.1, 0.15) is 32.4 Å². The van der Waals surface area contributed by atoms with Crippen LogP contribution in [-0.2, 0) is 0 Å². The largest absolute Gasteiger partial charge is 0.497 e. The summed E-state index contributed by atoms with van der Waals surface area (Å²) in [5.41, 5.74) is 1.36. The highest BCUT2D eigenvalue weighted by atomic mass is 16.5. The summed E-state index contributed by atoms with van der Waals surface area (Å²) in [5, 5.41) is 3.52. The maximum absolute atomic E-state index is 5.21. The molecule has 2 rings (SSSR count). The van der Waals surface area contributed by atoms with Gasteiger partial charge >= 0.3 is 0 Å². The molecule has 3 heteroatoms. The van der Waals surface area contributed by atoms with Gasteiger partial charge in [0, 0.05) is 31.2 Å². The quantitative estimate of drug-likeness (QED) is 0.889. The molecule has 0 radical (unpaired) electrons. The Kier molecular flexibility index (Phi) is 4.25. The molecule has 1 aromatic carbocycles. The summed E-state index contributed by atoms with van der Waals surface area (Å²) in [6.45, 7) is 9.00. The lowest BCUT2D eigenvalue weighted by molar-refractivity contribution is 0.103. The monoisotopic (exact) mass is 248 g/mol. The highest BCUT2D eigenvalue weighted by Gasteiger charge is 2.26. The second-order valence-corrected chi connectivity index (χ2v) is 5.30. The van der Waals surface area contributed by atoms with Crippen molar-refractivity contribution >= 4 is 0 Å². The van der Waals surface area contributed by atoms with Crippen LogP contribution in [0.25, 0.3) is 0 Å². The molecule has 0 aliphatic carbocycles. The molecule has 1 saturated heterocycles. The molecule has 100 valence electrons. The maximum Gasteiger partial charge on any atom is 0.118 e. The molecule has 0 aromatic heterocycles. The fraction of sp³-hybridized carbons (Fsp3) is 0.600. The van der Waals surface area contributed by atoms with Gasteiger partial charge in [-0.05, 0) is 38.5 Å². The summed E-state index contributed by atoms with van der Waals surface area (Å²) in [6, 6.07) is 10.0. The molecule has 0 bridgehead atoms. The van der Waals surface area contributed by atoms with Crippen molar-refractivity contribution in [3.05, 3.63) is 29.8 Å². The van der Waals surface area contributed by atoms with Crippen molar-refractivity contribution in [2.24, 2.45) is 0 Å². The average Bonchev–Trinajstić information content (AvgIpc) is 2.41. The predicted molar refractivity (Wildman–Crippen MR) is 75.0 cm³/mol. The van der Waals surface area contributed by atoms with E-state index in [0.29, 0.717) is 18.1 Å². The number of methoxy groups -OCH3 is 1. The van der Waals surface area contributed by atoms with Crippen LogP contribution in [0.4, 0.5) is 0 Å². The topological polar surface area (TPSA) is 24.5 Å². The van der Waals surface area contributed by atoms with E-state index in [1.54, 1.807) is 7.11 Å². The van der Waals surface area contributed by atoms with Gasteiger partial charge in [-0.1, -0.05) is 12.1 Å². The summed E-state index contributed by atoms with van der Waals surface area (Å²) in [5.74, 6) is 0.924. The van der Waals surface area contributed by atoms with Gasteiger partial charge < -0.3 is 10.1 Å². The molecule has 0 saturated carbocycles. The van der Waals surface area contributed by atoms with Crippen LogP contribution in [0, 0.1) is 0 Å². The highest BCUT2D eigenvalue weighted by Crippen LogP contribution is 2.25. The van der Waals surface area contributed by atoms with Crippen molar-refractivity contribution in [3.8, 4) is 5.75 Å². The van der Waals surface area contributed by atoms with Crippen molar-refractivity contribution in [1.29, 1.82) is 0 Å². The second-order valence-electron chi connectivity index (χ2n) is 5.30. The van der Waals surface area contributed by atoms with Crippen molar-refractivity contribution in [2.75, 3.05) is 20.2 Å². The summed E-state index contributed by atoms with van der Waals surface area (Å²) < 4.78 is 5.21. The predicted octanol–water partition coefficient (Wildman–Crippen LogP) is 2.44. The highest BCUT2D eigenvalue weighted by molar-refractivity contribution is 5.29. The Morgan fingerprint density at radius 3 is 2.56 bits per heavy atom. The van der Waals surface area contributed by atoms with Gasteiger partial charge in [-0.3, -0.25) is 4.90 Å². The van der Waals surface area contributed by atoms with Crippen LogP contribution < -0.4 is 10.1 Å². The Labute approximate surface area is 110 Å². The van der Waals surface area contributed by atoms with Gasteiger partial charge in [0.2, 0.25) is 0 Å². The van der Waals surface area contributed by atoms with Crippen LogP contribution >= 0.6 is 0 Å². The number of piperazine rings is 1. The molecular formula is C15H24N2O. The van der Waals surface area contributed by atoms with Crippen molar-refractivity contribution in [2.45, 2.75) is 38.9 Å². The van der Waals surface area contributed by atoms with Crippen LogP contribution in [-0.4, -0.2) is 37.2 Å². The Hall–Kier alpha value is -1.06. The third-order valence-corrected chi connectivity index (χ3v) is 3.91. The number of nitrogens with zero attached hydrogens (tertiary/aromatic N) is 1. The third kappa shape index (κ3) is 2.85. The number of hydrogen-bond acceptors (Lipinski definition) is 3. The lowest BCUT2D eigenvalue weighted by atomic mass is 10.0. The molecule has 0 spiro atoms. The van der Waals surface area contributed by atoms with Crippen LogP contribution in [0.15, 0.2) is 24.3 Å². The van der Waals surface area contributed by atoms with E-state index in [2.05, 4.69) is 43.1 Å². The molecule has 3 unspecified atom stereocenters. The van der Waals surface area contributed by atoms with E-state index in [-0.39, 0.29) is 0 Å². The lowest BCUT2D eigenvalue weighted by Gasteiger charge is -2.41. The molecular weight excluding hydrogens is 224 g/mol. The van der Waals surface area contributed by atoms with Gasteiger partial charge in [0.25, 0.3) is 0 Å². The second kappa shape index (κ2) is 5.72. The smallest absolute Gasteiger partial charge is 0.118 e. The minimum absolute atomic E-state index is 0.454. The number of rotatable bonds is 3. The van der Waals surface area contributed by atoms with E-state index in [9.17, 15) is 0 Å². The van der Waals surface area contributed by atoms with Crippen molar-refractivity contribution < 1.29 is 4.74 Å². The molecule has 3 nitrogen and oxygen atoms in total. The number of ether oxygens (including phenoxy) is 1. The zero-order valence-corrected chi connectivity index (χ0v) is 11.8. The summed E-state index contributed by atoms with van der Waals surface area (Å²) in [6.07, 6.45) is 0. The van der Waals surface area contributed by atoms with Gasteiger partial charge in [0.05, 0.1) is 7.11 Å². The third-order valence-electron chi connectivity index (χ3n) is 3.91. The first kappa shape index (κ1) is 13.4. The summed E-state index contributed by atoms with van der Waals surface area (Å²) >= 11 is 0. The molecule has 1 N–H and O–H groups in total. The molecule has 1 aliphatic rings. The molecule has 1 heterocycles. The van der Waals surface area contributed by atoms with Crippen LogP contribution in [0.3, 0.4) is 0 Å². The van der Waals surface area contributed by atoms with Gasteiger partial charge in [0.15, 0.2) is 0 Å². The van der Waals surface area contributed by atoms with Gasteiger partial charge in [-0.15, -0.1) is 0 Å². The molecule has 1 aromatic rings. The fourth-order valence-electron chi connectivity index (χ4n) is 2.66. The first-order chi connectivity index (χ1) is 8.61. The van der Waals surface area contributed by atoms with E-state index < -0.39 is 0 Å². The maximum atomic E-state index is 5.21. The van der Waals surface area contributed by atoms with E-state index >= 15 is 0 Å². The van der Waals surface area contributed by atoms with Crippen LogP contribution in [0.2, 0.25) is 0 Å². The normalized spacial score (nSPS) is 26.9. The minimum Gasteiger partial charge on any atom is -0.497 e. The lowest BCUT2D eigenvalue weighted by Crippen LogP contribution is -2.54. The summed E-state index contributed by atoms with van der Waals surface area (Å²) in [4.78, 5) is 2.57. The summed E-state index contributed by atoms with van der Waals surface area (Å²) in [7, 11) is 1.71. The Bertz CT molecular complexity index is 377. The minimum atomic E-state index is 0.454. The molecule has 1 aliphatic heterocycles. The molecule has 18 heavy (non-hydrogen) atoms. The Morgan fingerprint density at radius 1 is 1.28 bits per heavy atom. The van der Waals surface area contributed by atoms with Crippen LogP contribution in [0.5, 0.6) is 5.75 Å². The molecule has 3 atom stereocenters. The zero-order valence-electron chi connectivity index (χ0n) is 11.8. The Balaban J connectivity index is 2.10. The van der Waals surface area contributed by atoms with Gasteiger partial charge in [-0.25, -0.2) is 0 Å². The number of nitrogens with one attached hydrogen (secondary N) is 1. The fourth-order valence-corrected chi connectivity index (χ4v) is 2.66. The van der Waals surface area contributed by atoms with E-state index in [0.717, 1.165) is 18.8 Å². The molecule has 0 amide bonds. The van der Waals surface area contributed by atoms with Gasteiger partial charge in [0.1, 0.15) is 5.75 Å². The van der Waals surface area contributed by atoms with E-state index in [4.69, 9.17) is 4.74 Å². The van der Waals surface area contributed by atoms with E-state index in [1.807, 2.05) is 12.1 Å². The standard InChI is InChI=1S/C15H24N2O/c1-11-10-17(12(2)9-16-11)13(3)14-5-7-15(18-4)8-6-14/h5-8,11-13,16H,9-10H2,1-4H3. The van der Waals surface area contributed by atoms with Crippen molar-refractivity contribution in [1.82, 2.24) is 10.2 Å². The zero-order chi connectivity index (χ0) is 13.1.